The number of carbonyl (C=O) groups excluding carboxylic acids is 1. The number of carboxylic acids is 1. The van der Waals surface area contributed by atoms with Crippen LogP contribution in [0.3, 0.4) is 0 Å². The van der Waals surface area contributed by atoms with E-state index in [-0.39, 0.29) is 11.3 Å². The molecule has 6 nitrogen and oxygen atoms in total. The van der Waals surface area contributed by atoms with Crippen LogP contribution < -0.4 is 4.90 Å². The van der Waals surface area contributed by atoms with Gasteiger partial charge in [0, 0.05) is 22.8 Å². The number of fused-ring (bicyclic) bond motifs is 1. The summed E-state index contributed by atoms with van der Waals surface area (Å²) < 4.78 is 6.93. The highest BCUT2D eigenvalue weighted by molar-refractivity contribution is 9.10. The lowest BCUT2D eigenvalue weighted by Crippen LogP contribution is -2.44. The first kappa shape index (κ1) is 20.5. The maximum absolute atomic E-state index is 13.3. The van der Waals surface area contributed by atoms with Crippen molar-refractivity contribution in [3.8, 4) is 0 Å². The van der Waals surface area contributed by atoms with Gasteiger partial charge in [-0.05, 0) is 35.7 Å². The van der Waals surface area contributed by atoms with Gasteiger partial charge in [0.1, 0.15) is 12.2 Å². The normalized spacial score (nSPS) is 19.9. The van der Waals surface area contributed by atoms with E-state index in [1.165, 1.54) is 0 Å². The molecule has 1 aliphatic heterocycles. The van der Waals surface area contributed by atoms with E-state index in [0.717, 1.165) is 10.0 Å². The van der Waals surface area contributed by atoms with E-state index in [1.54, 1.807) is 17.2 Å². The minimum absolute atomic E-state index is 0.182. The highest BCUT2D eigenvalue weighted by atomic mass is 79.9. The van der Waals surface area contributed by atoms with E-state index < -0.39 is 24.6 Å². The zero-order valence-corrected chi connectivity index (χ0v) is 17.6. The van der Waals surface area contributed by atoms with E-state index in [9.17, 15) is 14.7 Å². The maximum atomic E-state index is 13.3. The number of carboxylic acid groups (broad SMARTS) is 1. The number of benzene rings is 1. The predicted molar refractivity (Wildman–Crippen MR) is 109 cm³/mol. The molecule has 1 N–H and O–H groups in total. The number of pyridine rings is 1. The molecule has 0 fully saturated rings. The van der Waals surface area contributed by atoms with Crippen LogP contribution in [0.5, 0.6) is 0 Å². The first-order valence-corrected chi connectivity index (χ1v) is 9.84. The lowest BCUT2D eigenvalue weighted by molar-refractivity contribution is -0.147. The van der Waals surface area contributed by atoms with Gasteiger partial charge in [0.05, 0.1) is 17.8 Å². The van der Waals surface area contributed by atoms with Gasteiger partial charge in [0.15, 0.2) is 0 Å². The number of carbonyl (C=O) groups is 2. The molecule has 1 aliphatic rings. The SMILES string of the molecule is CC(C)(C)CN1C(=O)[C@@H](CC(=O)O)O[C@H](c2ccccn2)c2cc(Br)ccc21. The quantitative estimate of drug-likeness (QED) is 0.761. The predicted octanol–water partition coefficient (Wildman–Crippen LogP) is 4.19. The van der Waals surface area contributed by atoms with Crippen molar-refractivity contribution in [1.82, 2.24) is 4.98 Å². The second kappa shape index (κ2) is 8.01. The Hall–Kier alpha value is -2.25. The molecule has 0 saturated heterocycles. The van der Waals surface area contributed by atoms with Crippen molar-refractivity contribution in [2.45, 2.75) is 39.4 Å². The van der Waals surface area contributed by atoms with Gasteiger partial charge in [0.2, 0.25) is 0 Å². The molecule has 7 heteroatoms. The molecule has 2 atom stereocenters. The average Bonchev–Trinajstić information content (AvgIpc) is 2.71. The van der Waals surface area contributed by atoms with Crippen LogP contribution >= 0.6 is 15.9 Å². The first-order valence-electron chi connectivity index (χ1n) is 9.05. The molecular weight excluding hydrogens is 424 g/mol. The van der Waals surface area contributed by atoms with Crippen molar-refractivity contribution in [2.75, 3.05) is 11.4 Å². The molecule has 0 unspecified atom stereocenters. The van der Waals surface area contributed by atoms with Crippen LogP contribution in [-0.2, 0) is 14.3 Å². The van der Waals surface area contributed by atoms with Gasteiger partial charge in [-0.3, -0.25) is 14.6 Å². The van der Waals surface area contributed by atoms with E-state index in [0.29, 0.717) is 17.9 Å². The van der Waals surface area contributed by atoms with Crippen LogP contribution in [0.2, 0.25) is 0 Å². The lowest BCUT2D eigenvalue weighted by atomic mass is 9.94. The Kier molecular flexibility index (Phi) is 5.86. The van der Waals surface area contributed by atoms with Crippen LogP contribution in [-0.4, -0.2) is 34.6 Å². The average molecular weight is 447 g/mol. The van der Waals surface area contributed by atoms with Crippen LogP contribution in [0.4, 0.5) is 5.69 Å². The van der Waals surface area contributed by atoms with Crippen molar-refractivity contribution in [3.63, 3.8) is 0 Å². The number of hydrogen-bond acceptors (Lipinski definition) is 4. The second-order valence-corrected chi connectivity index (χ2v) is 8.96. The number of nitrogens with zero attached hydrogens (tertiary/aromatic N) is 2. The highest BCUT2D eigenvalue weighted by Crippen LogP contribution is 2.40. The Morgan fingerprint density at radius 3 is 2.64 bits per heavy atom. The van der Waals surface area contributed by atoms with Crippen molar-refractivity contribution < 1.29 is 19.4 Å². The van der Waals surface area contributed by atoms with Crippen molar-refractivity contribution in [1.29, 1.82) is 0 Å². The van der Waals surface area contributed by atoms with Gasteiger partial charge in [0.25, 0.3) is 5.91 Å². The van der Waals surface area contributed by atoms with Crippen molar-refractivity contribution in [3.05, 3.63) is 58.3 Å². The zero-order chi connectivity index (χ0) is 20.5. The first-order chi connectivity index (χ1) is 13.2. The van der Waals surface area contributed by atoms with Gasteiger partial charge in [-0.25, -0.2) is 0 Å². The molecule has 0 radical (unpaired) electrons. The topological polar surface area (TPSA) is 79.7 Å². The molecule has 2 aromatic rings. The number of rotatable bonds is 4. The molecule has 3 rings (SSSR count). The number of aromatic nitrogens is 1. The Labute approximate surface area is 172 Å². The van der Waals surface area contributed by atoms with Gasteiger partial charge in [-0.15, -0.1) is 0 Å². The molecule has 28 heavy (non-hydrogen) atoms. The second-order valence-electron chi connectivity index (χ2n) is 8.05. The molecule has 148 valence electrons. The molecule has 0 spiro atoms. The van der Waals surface area contributed by atoms with E-state index in [1.807, 2.05) is 51.1 Å². The van der Waals surface area contributed by atoms with Crippen molar-refractivity contribution >= 4 is 33.5 Å². The van der Waals surface area contributed by atoms with E-state index in [2.05, 4.69) is 20.9 Å². The molecule has 0 saturated carbocycles. The number of halogens is 1. The minimum Gasteiger partial charge on any atom is -0.481 e. The molecule has 1 aromatic heterocycles. The fourth-order valence-electron chi connectivity index (χ4n) is 3.26. The monoisotopic (exact) mass is 446 g/mol. The number of anilines is 1. The third kappa shape index (κ3) is 4.59. The van der Waals surface area contributed by atoms with Crippen LogP contribution in [0.1, 0.15) is 44.6 Å². The Morgan fingerprint density at radius 1 is 1.29 bits per heavy atom. The Bertz CT molecular complexity index is 880. The van der Waals surface area contributed by atoms with E-state index >= 15 is 0 Å². The van der Waals surface area contributed by atoms with Gasteiger partial charge in [-0.2, -0.15) is 0 Å². The Morgan fingerprint density at radius 2 is 2.04 bits per heavy atom. The number of hydrogen-bond donors (Lipinski definition) is 1. The number of amides is 1. The third-order valence-electron chi connectivity index (χ3n) is 4.35. The molecule has 2 heterocycles. The van der Waals surface area contributed by atoms with Crippen molar-refractivity contribution in [2.24, 2.45) is 5.41 Å². The third-order valence-corrected chi connectivity index (χ3v) is 4.85. The summed E-state index contributed by atoms with van der Waals surface area (Å²) in [5.74, 6) is -1.43. The summed E-state index contributed by atoms with van der Waals surface area (Å²) in [7, 11) is 0. The maximum Gasteiger partial charge on any atom is 0.306 e. The van der Waals surface area contributed by atoms with Crippen LogP contribution in [0.25, 0.3) is 0 Å². The summed E-state index contributed by atoms with van der Waals surface area (Å²) in [4.78, 5) is 30.7. The van der Waals surface area contributed by atoms with Gasteiger partial charge >= 0.3 is 5.97 Å². The lowest BCUT2D eigenvalue weighted by Gasteiger charge is -2.31. The summed E-state index contributed by atoms with van der Waals surface area (Å²) in [5.41, 5.74) is 1.94. The molecule has 1 amide bonds. The summed E-state index contributed by atoms with van der Waals surface area (Å²) in [6, 6.07) is 11.1. The largest absolute Gasteiger partial charge is 0.481 e. The fraction of sp³-hybridized carbons (Fsp3) is 0.381. The smallest absolute Gasteiger partial charge is 0.306 e. The standard InChI is InChI=1S/C21H23BrN2O4/c1-21(2,3)12-24-16-8-7-13(22)10-14(16)19(15-6-4-5-9-23-15)28-17(20(24)27)11-18(25)26/h4-10,17,19H,11-12H2,1-3H3,(H,25,26)/t17-,19+/m1/s1. The minimum atomic E-state index is -1.10. The fourth-order valence-corrected chi connectivity index (χ4v) is 3.64. The molecule has 0 bridgehead atoms. The zero-order valence-electron chi connectivity index (χ0n) is 16.1. The summed E-state index contributed by atoms with van der Waals surface area (Å²) in [6.45, 7) is 6.54. The van der Waals surface area contributed by atoms with Gasteiger partial charge < -0.3 is 14.7 Å². The summed E-state index contributed by atoms with van der Waals surface area (Å²) >= 11 is 3.49. The van der Waals surface area contributed by atoms with Gasteiger partial charge in [-0.1, -0.05) is 42.8 Å². The number of ether oxygens (including phenoxy) is 1. The molecular formula is C21H23BrN2O4. The van der Waals surface area contributed by atoms with Crippen LogP contribution in [0.15, 0.2) is 47.1 Å². The Balaban J connectivity index is 2.18. The summed E-state index contributed by atoms with van der Waals surface area (Å²) in [6.07, 6.45) is -0.495. The van der Waals surface area contributed by atoms with E-state index in [4.69, 9.17) is 4.74 Å². The molecule has 0 aliphatic carbocycles. The summed E-state index contributed by atoms with van der Waals surface area (Å²) in [5, 5.41) is 9.34. The highest BCUT2D eigenvalue weighted by Gasteiger charge is 2.39. The molecule has 1 aromatic carbocycles. The number of aliphatic carboxylic acids is 1. The van der Waals surface area contributed by atoms with Crippen LogP contribution in [0, 0.1) is 5.41 Å².